The first-order chi connectivity index (χ1) is 9.84. The van der Waals surface area contributed by atoms with Crippen molar-refractivity contribution in [3.8, 4) is 0 Å². The summed E-state index contributed by atoms with van der Waals surface area (Å²) in [6.07, 6.45) is 2.89. The first-order valence-corrected chi connectivity index (χ1v) is 6.93. The molecule has 0 saturated carbocycles. The smallest absolute Gasteiger partial charge is 0.159 e. The molecule has 100 valence electrons. The molecule has 3 aromatic rings. The number of hydrogen-bond acceptors (Lipinski definition) is 3. The highest BCUT2D eigenvalue weighted by atomic mass is 15.1. The Morgan fingerprint density at radius 1 is 1.20 bits per heavy atom. The Morgan fingerprint density at radius 2 is 2.10 bits per heavy atom. The van der Waals surface area contributed by atoms with E-state index in [1.54, 1.807) is 0 Å². The van der Waals surface area contributed by atoms with Gasteiger partial charge >= 0.3 is 0 Å². The first kappa shape index (κ1) is 11.6. The van der Waals surface area contributed by atoms with Crippen molar-refractivity contribution in [3.63, 3.8) is 0 Å². The largest absolute Gasteiger partial charge is 0.314 e. The van der Waals surface area contributed by atoms with E-state index < -0.39 is 0 Å². The van der Waals surface area contributed by atoms with Gasteiger partial charge in [0.2, 0.25) is 0 Å². The molecule has 0 spiro atoms. The van der Waals surface area contributed by atoms with Gasteiger partial charge in [-0.05, 0) is 29.7 Å². The summed E-state index contributed by atoms with van der Waals surface area (Å²) >= 11 is 0. The van der Waals surface area contributed by atoms with E-state index in [2.05, 4.69) is 39.1 Å². The molecule has 1 atom stereocenters. The number of aryl methyl sites for hydroxylation is 1. The zero-order chi connectivity index (χ0) is 13.5. The maximum Gasteiger partial charge on any atom is 0.159 e. The first-order valence-electron chi connectivity index (χ1n) is 6.93. The van der Waals surface area contributed by atoms with Gasteiger partial charge in [0.1, 0.15) is 11.3 Å². The van der Waals surface area contributed by atoms with Crippen LogP contribution in [0.1, 0.15) is 23.0 Å². The van der Waals surface area contributed by atoms with Crippen molar-refractivity contribution in [1.29, 1.82) is 0 Å². The number of aromatic nitrogens is 3. The third-order valence-electron chi connectivity index (χ3n) is 4.03. The van der Waals surface area contributed by atoms with E-state index in [0.29, 0.717) is 0 Å². The predicted octanol–water partition coefficient (Wildman–Crippen LogP) is 2.20. The van der Waals surface area contributed by atoms with Gasteiger partial charge in [-0.2, -0.15) is 0 Å². The number of rotatable bonds is 1. The van der Waals surface area contributed by atoms with Gasteiger partial charge < -0.3 is 9.88 Å². The van der Waals surface area contributed by atoms with Crippen molar-refractivity contribution in [1.82, 2.24) is 19.9 Å². The normalized spacial score (nSPS) is 18.1. The summed E-state index contributed by atoms with van der Waals surface area (Å²) in [5.41, 5.74) is 4.63. The van der Waals surface area contributed by atoms with E-state index in [4.69, 9.17) is 4.98 Å². The molecule has 4 heteroatoms. The molecular weight excluding hydrogens is 248 g/mol. The third-order valence-corrected chi connectivity index (χ3v) is 4.03. The van der Waals surface area contributed by atoms with Gasteiger partial charge in [0.15, 0.2) is 5.65 Å². The summed E-state index contributed by atoms with van der Waals surface area (Å²) in [6.45, 7) is 0.984. The molecule has 1 aliphatic rings. The van der Waals surface area contributed by atoms with Gasteiger partial charge in [-0.1, -0.05) is 24.3 Å². The van der Waals surface area contributed by atoms with Crippen LogP contribution in [0, 0.1) is 0 Å². The lowest BCUT2D eigenvalue weighted by molar-refractivity contribution is 0.532. The third kappa shape index (κ3) is 1.65. The van der Waals surface area contributed by atoms with Gasteiger partial charge in [-0.15, -0.1) is 0 Å². The number of pyridine rings is 1. The Bertz CT molecular complexity index is 775. The van der Waals surface area contributed by atoms with Crippen molar-refractivity contribution in [2.75, 3.05) is 6.54 Å². The highest BCUT2D eigenvalue weighted by molar-refractivity contribution is 5.71. The lowest BCUT2D eigenvalue weighted by Gasteiger charge is -2.26. The number of fused-ring (bicyclic) bond motifs is 2. The van der Waals surface area contributed by atoms with Crippen molar-refractivity contribution in [2.24, 2.45) is 7.05 Å². The van der Waals surface area contributed by atoms with Gasteiger partial charge in [0.25, 0.3) is 0 Å². The van der Waals surface area contributed by atoms with Crippen molar-refractivity contribution in [3.05, 3.63) is 59.5 Å². The topological polar surface area (TPSA) is 42.7 Å². The van der Waals surface area contributed by atoms with Crippen LogP contribution >= 0.6 is 0 Å². The quantitative estimate of drug-likeness (QED) is 0.732. The Balaban J connectivity index is 1.90. The fourth-order valence-corrected chi connectivity index (χ4v) is 3.03. The summed E-state index contributed by atoms with van der Waals surface area (Å²) in [5.74, 6) is 1.03. The average Bonchev–Trinajstić information content (AvgIpc) is 2.84. The SMILES string of the molecule is Cn1c(C2NCCc3ccccc32)nc2cccnc21. The minimum atomic E-state index is 0.152. The minimum absolute atomic E-state index is 0.152. The average molecular weight is 264 g/mol. The summed E-state index contributed by atoms with van der Waals surface area (Å²) in [5, 5.41) is 3.58. The van der Waals surface area contributed by atoms with Crippen LogP contribution in [-0.2, 0) is 13.5 Å². The zero-order valence-corrected chi connectivity index (χ0v) is 11.4. The maximum absolute atomic E-state index is 4.77. The molecule has 1 N–H and O–H groups in total. The molecule has 4 rings (SSSR count). The molecule has 1 aliphatic heterocycles. The Kier molecular flexibility index (Phi) is 2.57. The van der Waals surface area contributed by atoms with Crippen LogP contribution in [0.5, 0.6) is 0 Å². The standard InChI is InChI=1S/C16H16N4/c1-20-15-13(7-4-9-18-15)19-16(20)14-12-6-3-2-5-11(12)8-10-17-14/h2-7,9,14,17H,8,10H2,1H3. The number of nitrogens with one attached hydrogen (secondary N) is 1. The van der Waals surface area contributed by atoms with E-state index in [-0.39, 0.29) is 6.04 Å². The van der Waals surface area contributed by atoms with Crippen molar-refractivity contribution >= 4 is 11.2 Å². The monoisotopic (exact) mass is 264 g/mol. The number of nitrogens with zero attached hydrogens (tertiary/aromatic N) is 3. The molecule has 20 heavy (non-hydrogen) atoms. The Labute approximate surface area is 117 Å². The molecule has 0 radical (unpaired) electrons. The molecule has 1 unspecified atom stereocenters. The van der Waals surface area contributed by atoms with Crippen LogP contribution in [0.2, 0.25) is 0 Å². The zero-order valence-electron chi connectivity index (χ0n) is 11.4. The van der Waals surface area contributed by atoms with Crippen LogP contribution in [0.25, 0.3) is 11.2 Å². The molecular formula is C16H16N4. The Hall–Kier alpha value is -2.20. The van der Waals surface area contributed by atoms with E-state index in [1.807, 2.05) is 25.4 Å². The molecule has 3 heterocycles. The highest BCUT2D eigenvalue weighted by Gasteiger charge is 2.25. The van der Waals surface area contributed by atoms with Gasteiger partial charge in [-0.25, -0.2) is 9.97 Å². The van der Waals surface area contributed by atoms with E-state index in [1.165, 1.54) is 11.1 Å². The molecule has 4 nitrogen and oxygen atoms in total. The number of benzene rings is 1. The highest BCUT2D eigenvalue weighted by Crippen LogP contribution is 2.29. The molecule has 0 aliphatic carbocycles. The Morgan fingerprint density at radius 3 is 3.00 bits per heavy atom. The van der Waals surface area contributed by atoms with Crippen LogP contribution in [0.15, 0.2) is 42.6 Å². The van der Waals surface area contributed by atoms with E-state index in [0.717, 1.165) is 30.0 Å². The summed E-state index contributed by atoms with van der Waals surface area (Å²) in [6, 6.07) is 12.7. The molecule has 0 bridgehead atoms. The molecule has 2 aromatic heterocycles. The van der Waals surface area contributed by atoms with Crippen molar-refractivity contribution in [2.45, 2.75) is 12.5 Å². The molecule has 0 fully saturated rings. The van der Waals surface area contributed by atoms with Crippen molar-refractivity contribution < 1.29 is 0 Å². The van der Waals surface area contributed by atoms with E-state index >= 15 is 0 Å². The summed E-state index contributed by atoms with van der Waals surface area (Å²) in [4.78, 5) is 9.20. The second kappa shape index (κ2) is 4.42. The predicted molar refractivity (Wildman–Crippen MR) is 78.5 cm³/mol. The van der Waals surface area contributed by atoms with Crippen LogP contribution in [0.3, 0.4) is 0 Å². The molecule has 0 amide bonds. The second-order valence-corrected chi connectivity index (χ2v) is 5.21. The second-order valence-electron chi connectivity index (χ2n) is 5.21. The fourth-order valence-electron chi connectivity index (χ4n) is 3.03. The fraction of sp³-hybridized carbons (Fsp3) is 0.250. The molecule has 1 aromatic carbocycles. The van der Waals surface area contributed by atoms with E-state index in [9.17, 15) is 0 Å². The summed E-state index contributed by atoms with van der Waals surface area (Å²) < 4.78 is 2.09. The van der Waals surface area contributed by atoms with Crippen LogP contribution in [0.4, 0.5) is 0 Å². The van der Waals surface area contributed by atoms with Gasteiger partial charge in [0, 0.05) is 19.8 Å². The van der Waals surface area contributed by atoms with Gasteiger partial charge in [0.05, 0.1) is 6.04 Å². The number of imidazole rings is 1. The minimum Gasteiger partial charge on any atom is -0.314 e. The lowest BCUT2D eigenvalue weighted by Crippen LogP contribution is -2.32. The van der Waals surface area contributed by atoms with Gasteiger partial charge in [-0.3, -0.25) is 0 Å². The molecule has 0 saturated heterocycles. The van der Waals surface area contributed by atoms with Crippen LogP contribution in [-0.4, -0.2) is 21.1 Å². The summed E-state index contributed by atoms with van der Waals surface area (Å²) in [7, 11) is 2.04. The maximum atomic E-state index is 4.77. The number of hydrogen-bond donors (Lipinski definition) is 1. The van der Waals surface area contributed by atoms with Crippen LogP contribution < -0.4 is 5.32 Å². The lowest BCUT2D eigenvalue weighted by atomic mass is 9.94.